The van der Waals surface area contributed by atoms with Gasteiger partial charge in [-0.15, -0.1) is 0 Å². The Morgan fingerprint density at radius 2 is 2.11 bits per heavy atom. The summed E-state index contributed by atoms with van der Waals surface area (Å²) in [7, 11) is 1.60. The smallest absolute Gasteiger partial charge is 0.328 e. The number of allylic oxidation sites excluding steroid dienone is 1. The standard InChI is InChI=1S/C28H37N7O3/c1-5-8-11-23-21(19-34(7-3)26(36)6-2)15-20-10-9-13-35(27(20)32-23)28(37)33-25-16-24(30-12-14-38-4)22(17-29)18-31-25/h8,11,15-16,18H,5-7,9-10,12-14,19H2,1-4H3,(H2,30,31,33,37)/b11-8+. The van der Waals surface area contributed by atoms with Crippen molar-refractivity contribution in [3.63, 3.8) is 0 Å². The first-order chi connectivity index (χ1) is 18.4. The van der Waals surface area contributed by atoms with Crippen LogP contribution in [-0.2, 0) is 22.5 Å². The third-order valence-corrected chi connectivity index (χ3v) is 6.31. The number of urea groups is 1. The van der Waals surface area contributed by atoms with E-state index in [1.54, 1.807) is 18.1 Å². The molecule has 0 aromatic carbocycles. The molecule has 0 saturated heterocycles. The topological polar surface area (TPSA) is 123 Å². The maximum Gasteiger partial charge on any atom is 0.328 e. The fraction of sp³-hybridized carbons (Fsp3) is 0.464. The third kappa shape index (κ3) is 7.07. The SMILES string of the molecule is CC/C=C/c1nc2c(cc1CN(CC)C(=O)CC)CCCN2C(=O)Nc1cc(NCCOC)c(C#N)cn1. The molecule has 0 atom stereocenters. The number of ether oxygens (including phenoxy) is 1. The molecular formula is C28H37N7O3. The van der Waals surface area contributed by atoms with Crippen LogP contribution in [0.3, 0.4) is 0 Å². The Labute approximate surface area is 224 Å². The van der Waals surface area contributed by atoms with E-state index >= 15 is 0 Å². The molecule has 0 fully saturated rings. The molecule has 1 aliphatic rings. The lowest BCUT2D eigenvalue weighted by Crippen LogP contribution is -2.40. The van der Waals surface area contributed by atoms with Crippen molar-refractivity contribution in [2.75, 3.05) is 48.9 Å². The van der Waals surface area contributed by atoms with Gasteiger partial charge in [0.05, 0.1) is 23.6 Å². The Morgan fingerprint density at radius 3 is 2.79 bits per heavy atom. The molecule has 202 valence electrons. The Morgan fingerprint density at radius 1 is 1.29 bits per heavy atom. The van der Waals surface area contributed by atoms with Crippen LogP contribution in [0.2, 0.25) is 0 Å². The van der Waals surface area contributed by atoms with E-state index in [1.165, 1.54) is 6.20 Å². The van der Waals surface area contributed by atoms with Gasteiger partial charge in [0.2, 0.25) is 5.91 Å². The van der Waals surface area contributed by atoms with E-state index in [1.807, 2.05) is 30.9 Å². The molecule has 3 rings (SSSR count). The molecule has 1 aliphatic heterocycles. The lowest BCUT2D eigenvalue weighted by molar-refractivity contribution is -0.131. The molecule has 0 bridgehead atoms. The number of carbonyl (C=O) groups excluding carboxylic acids is 2. The zero-order valence-corrected chi connectivity index (χ0v) is 22.7. The van der Waals surface area contributed by atoms with Gasteiger partial charge < -0.3 is 15.0 Å². The van der Waals surface area contributed by atoms with Crippen LogP contribution in [-0.4, -0.2) is 60.2 Å². The van der Waals surface area contributed by atoms with Gasteiger partial charge in [-0.25, -0.2) is 14.8 Å². The van der Waals surface area contributed by atoms with Gasteiger partial charge in [0, 0.05) is 52.0 Å². The zero-order valence-electron chi connectivity index (χ0n) is 22.7. The van der Waals surface area contributed by atoms with E-state index < -0.39 is 0 Å². The summed E-state index contributed by atoms with van der Waals surface area (Å²) in [5, 5.41) is 15.4. The van der Waals surface area contributed by atoms with Crippen LogP contribution in [0, 0.1) is 11.3 Å². The molecule has 2 aromatic heterocycles. The molecule has 0 saturated carbocycles. The number of hydrogen-bond acceptors (Lipinski definition) is 7. The number of nitrogens with one attached hydrogen (secondary N) is 2. The van der Waals surface area contributed by atoms with E-state index in [0.29, 0.717) is 62.1 Å². The number of hydrogen-bond donors (Lipinski definition) is 2. The van der Waals surface area contributed by atoms with Gasteiger partial charge in [-0.2, -0.15) is 5.26 Å². The fourth-order valence-electron chi connectivity index (χ4n) is 4.29. The summed E-state index contributed by atoms with van der Waals surface area (Å²) in [6, 6.07) is 5.50. The van der Waals surface area contributed by atoms with Crippen molar-refractivity contribution in [2.24, 2.45) is 0 Å². The van der Waals surface area contributed by atoms with E-state index in [9.17, 15) is 14.9 Å². The highest BCUT2D eigenvalue weighted by molar-refractivity contribution is 6.01. The second-order valence-corrected chi connectivity index (χ2v) is 8.92. The lowest BCUT2D eigenvalue weighted by atomic mass is 10.0. The predicted octanol–water partition coefficient (Wildman–Crippen LogP) is 4.57. The fourth-order valence-corrected chi connectivity index (χ4v) is 4.29. The van der Waals surface area contributed by atoms with E-state index in [0.717, 1.165) is 36.1 Å². The van der Waals surface area contributed by atoms with Gasteiger partial charge in [-0.05, 0) is 49.5 Å². The summed E-state index contributed by atoms with van der Waals surface area (Å²) in [6.45, 7) is 8.51. The Hall–Kier alpha value is -3.97. The van der Waals surface area contributed by atoms with Crippen molar-refractivity contribution in [2.45, 2.75) is 53.0 Å². The molecule has 10 nitrogen and oxygen atoms in total. The Balaban J connectivity index is 1.89. The highest BCUT2D eigenvalue weighted by Crippen LogP contribution is 2.30. The van der Waals surface area contributed by atoms with Gasteiger partial charge in [0.1, 0.15) is 17.7 Å². The minimum absolute atomic E-state index is 0.0997. The van der Waals surface area contributed by atoms with Crippen LogP contribution in [0.5, 0.6) is 0 Å². The average Bonchev–Trinajstić information content (AvgIpc) is 2.94. The Kier molecular flexibility index (Phi) is 10.6. The maximum atomic E-state index is 13.4. The summed E-state index contributed by atoms with van der Waals surface area (Å²) < 4.78 is 5.06. The van der Waals surface area contributed by atoms with Crippen LogP contribution in [0.15, 0.2) is 24.4 Å². The van der Waals surface area contributed by atoms with Crippen LogP contribution in [0.1, 0.15) is 62.4 Å². The van der Waals surface area contributed by atoms with Gasteiger partial charge in [-0.3, -0.25) is 15.0 Å². The normalized spacial score (nSPS) is 12.7. The number of pyridine rings is 2. The molecule has 3 amide bonds. The number of fused-ring (bicyclic) bond motifs is 1. The van der Waals surface area contributed by atoms with E-state index in [4.69, 9.17) is 9.72 Å². The second-order valence-electron chi connectivity index (χ2n) is 8.92. The summed E-state index contributed by atoms with van der Waals surface area (Å²) in [5.41, 5.74) is 3.66. The first-order valence-corrected chi connectivity index (χ1v) is 13.1. The van der Waals surface area contributed by atoms with Crippen molar-refractivity contribution in [1.29, 1.82) is 5.26 Å². The average molecular weight is 520 g/mol. The van der Waals surface area contributed by atoms with E-state index in [2.05, 4.69) is 34.7 Å². The molecule has 0 spiro atoms. The zero-order chi connectivity index (χ0) is 27.5. The molecule has 0 unspecified atom stereocenters. The van der Waals surface area contributed by atoms with E-state index in [-0.39, 0.29) is 11.9 Å². The van der Waals surface area contributed by atoms with Crippen molar-refractivity contribution in [3.05, 3.63) is 46.8 Å². The van der Waals surface area contributed by atoms with Gasteiger partial charge >= 0.3 is 6.03 Å². The van der Waals surface area contributed by atoms with Gasteiger partial charge in [-0.1, -0.05) is 19.9 Å². The second kappa shape index (κ2) is 14.1. The number of anilines is 3. The van der Waals surface area contributed by atoms with Crippen LogP contribution >= 0.6 is 0 Å². The lowest BCUT2D eigenvalue weighted by Gasteiger charge is -2.30. The number of rotatable bonds is 11. The largest absolute Gasteiger partial charge is 0.383 e. The molecule has 0 aliphatic carbocycles. The van der Waals surface area contributed by atoms with Crippen LogP contribution < -0.4 is 15.5 Å². The van der Waals surface area contributed by atoms with Crippen molar-refractivity contribution >= 4 is 35.3 Å². The molecule has 2 aromatic rings. The van der Waals surface area contributed by atoms with Crippen molar-refractivity contribution in [1.82, 2.24) is 14.9 Å². The number of aryl methyl sites for hydroxylation is 1. The predicted molar refractivity (Wildman–Crippen MR) is 149 cm³/mol. The van der Waals surface area contributed by atoms with Crippen LogP contribution in [0.25, 0.3) is 6.08 Å². The first kappa shape index (κ1) is 28.6. The number of amides is 3. The van der Waals surface area contributed by atoms with Crippen LogP contribution in [0.4, 0.5) is 22.1 Å². The Bertz CT molecular complexity index is 1210. The highest BCUT2D eigenvalue weighted by Gasteiger charge is 2.26. The molecule has 3 heterocycles. The quantitative estimate of drug-likeness (QED) is 0.417. The summed E-state index contributed by atoms with van der Waals surface area (Å²) in [4.78, 5) is 38.4. The maximum absolute atomic E-state index is 13.4. The number of aromatic nitrogens is 2. The van der Waals surface area contributed by atoms with Gasteiger partial charge in [0.15, 0.2) is 0 Å². The molecule has 10 heteroatoms. The number of nitriles is 1. The van der Waals surface area contributed by atoms with Crippen molar-refractivity contribution < 1.29 is 14.3 Å². The molecular weight excluding hydrogens is 482 g/mol. The first-order valence-electron chi connectivity index (χ1n) is 13.1. The monoisotopic (exact) mass is 519 g/mol. The minimum atomic E-state index is -0.340. The molecule has 2 N–H and O–H groups in total. The molecule has 0 radical (unpaired) electrons. The number of carbonyl (C=O) groups is 2. The highest BCUT2D eigenvalue weighted by atomic mass is 16.5. The summed E-state index contributed by atoms with van der Waals surface area (Å²) in [6.07, 6.45) is 8.32. The number of methoxy groups -OCH3 is 1. The summed E-state index contributed by atoms with van der Waals surface area (Å²) in [5.74, 6) is 1.05. The van der Waals surface area contributed by atoms with Gasteiger partial charge in [0.25, 0.3) is 0 Å². The third-order valence-electron chi connectivity index (χ3n) is 6.31. The minimum Gasteiger partial charge on any atom is -0.383 e. The molecule has 38 heavy (non-hydrogen) atoms. The van der Waals surface area contributed by atoms with Crippen molar-refractivity contribution in [3.8, 4) is 6.07 Å². The number of nitrogens with zero attached hydrogens (tertiary/aromatic N) is 5. The summed E-state index contributed by atoms with van der Waals surface area (Å²) >= 11 is 0.